The average molecular weight is 514 g/mol. The van der Waals surface area contributed by atoms with Gasteiger partial charge in [-0.15, -0.1) is 0 Å². The van der Waals surface area contributed by atoms with E-state index in [1.165, 1.54) is 10.4 Å². The number of hydrazone groups is 1. The maximum absolute atomic E-state index is 13.9. The lowest BCUT2D eigenvalue weighted by Crippen LogP contribution is -2.33. The molecule has 0 aliphatic carbocycles. The Balaban J connectivity index is 1.74. The van der Waals surface area contributed by atoms with Gasteiger partial charge >= 0.3 is 0 Å². The quantitative estimate of drug-likeness (QED) is 0.248. The van der Waals surface area contributed by atoms with Gasteiger partial charge < -0.3 is 5.11 Å². The number of rotatable bonds is 8. The minimum absolute atomic E-state index is 0.0293. The Kier molecular flexibility index (Phi) is 7.69. The Morgan fingerprint density at radius 3 is 2.11 bits per heavy atom. The molecule has 1 amide bonds. The molecule has 0 atom stereocenters. The van der Waals surface area contributed by atoms with Gasteiger partial charge in [0.05, 0.1) is 28.4 Å². The van der Waals surface area contributed by atoms with Crippen LogP contribution in [0.1, 0.15) is 34.0 Å². The Bertz CT molecular complexity index is 1530. The van der Waals surface area contributed by atoms with Crippen LogP contribution in [-0.4, -0.2) is 25.1 Å². The van der Waals surface area contributed by atoms with E-state index in [-0.39, 0.29) is 28.4 Å². The molecule has 0 aliphatic rings. The Morgan fingerprint density at radius 2 is 1.43 bits per heavy atom. The maximum Gasteiger partial charge on any atom is 0.273 e. The predicted molar refractivity (Wildman–Crippen MR) is 145 cm³/mol. The number of para-hydroxylation sites is 2. The van der Waals surface area contributed by atoms with Crippen LogP contribution < -0.4 is 9.73 Å². The number of nitrogens with one attached hydrogen (secondary N) is 1. The second-order valence-electron chi connectivity index (χ2n) is 8.48. The number of nitrogens with zero attached hydrogens (tertiary/aromatic N) is 2. The maximum atomic E-state index is 13.9. The number of anilines is 1. The number of phenols is 1. The number of benzene rings is 4. The van der Waals surface area contributed by atoms with E-state index in [0.717, 1.165) is 11.1 Å². The highest BCUT2D eigenvalue weighted by Gasteiger charge is 2.28. The summed E-state index contributed by atoms with van der Waals surface area (Å²) in [6.45, 7) is 3.57. The van der Waals surface area contributed by atoms with E-state index < -0.39 is 15.9 Å². The Labute approximate surface area is 216 Å². The average Bonchev–Trinajstić information content (AvgIpc) is 2.91. The topological polar surface area (TPSA) is 99.1 Å². The molecule has 4 rings (SSSR count). The molecular formula is C29H27N3O4S. The van der Waals surface area contributed by atoms with Crippen LogP contribution >= 0.6 is 0 Å². The van der Waals surface area contributed by atoms with Crippen molar-refractivity contribution >= 4 is 27.3 Å². The zero-order chi connectivity index (χ0) is 26.4. The van der Waals surface area contributed by atoms with Crippen molar-refractivity contribution in [3.8, 4) is 5.75 Å². The molecule has 188 valence electrons. The lowest BCUT2D eigenvalue weighted by Gasteiger charge is -2.26. The normalized spacial score (nSPS) is 11.7. The van der Waals surface area contributed by atoms with Crippen molar-refractivity contribution in [1.82, 2.24) is 5.43 Å². The molecule has 0 aromatic heterocycles. The second-order valence-corrected chi connectivity index (χ2v) is 10.3. The molecule has 0 bridgehead atoms. The molecule has 4 aromatic carbocycles. The van der Waals surface area contributed by atoms with Crippen LogP contribution in [0.4, 0.5) is 5.69 Å². The third kappa shape index (κ3) is 5.87. The largest absolute Gasteiger partial charge is 0.507 e. The van der Waals surface area contributed by atoms with Crippen LogP contribution in [0.15, 0.2) is 113 Å². The zero-order valence-electron chi connectivity index (χ0n) is 20.5. The molecule has 0 saturated heterocycles. The van der Waals surface area contributed by atoms with Crippen molar-refractivity contribution in [2.75, 3.05) is 4.31 Å². The third-order valence-electron chi connectivity index (χ3n) is 5.81. The fourth-order valence-electron chi connectivity index (χ4n) is 3.80. The van der Waals surface area contributed by atoms with Gasteiger partial charge in [-0.05, 0) is 55.8 Å². The van der Waals surface area contributed by atoms with Crippen molar-refractivity contribution in [3.63, 3.8) is 0 Å². The number of hydrogen-bond acceptors (Lipinski definition) is 5. The standard InChI is InChI=1S/C29H27N3O4S/c1-21-16-18-24(19-17-21)37(35,36)32(20-23-10-4-3-5-11-23)27-14-8-6-13-26(27)29(34)31-30-22(2)25-12-7-9-15-28(25)33/h3-19,33H,20H2,1-2H3,(H,31,34)/b30-22+. The van der Waals surface area contributed by atoms with Crippen molar-refractivity contribution in [2.24, 2.45) is 5.10 Å². The molecule has 0 aliphatic heterocycles. The van der Waals surface area contributed by atoms with Gasteiger partial charge in [-0.2, -0.15) is 5.10 Å². The van der Waals surface area contributed by atoms with Crippen molar-refractivity contribution in [2.45, 2.75) is 25.3 Å². The second kappa shape index (κ2) is 11.1. The lowest BCUT2D eigenvalue weighted by atomic mass is 10.1. The number of carbonyl (C=O) groups is 1. The first-order chi connectivity index (χ1) is 17.8. The molecule has 0 radical (unpaired) electrons. The van der Waals surface area contributed by atoms with E-state index in [4.69, 9.17) is 0 Å². The van der Waals surface area contributed by atoms with Gasteiger partial charge in [0, 0.05) is 5.56 Å². The molecule has 7 nitrogen and oxygen atoms in total. The number of hydrogen-bond donors (Lipinski definition) is 2. The first-order valence-corrected chi connectivity index (χ1v) is 13.1. The monoisotopic (exact) mass is 513 g/mol. The summed E-state index contributed by atoms with van der Waals surface area (Å²) in [5, 5.41) is 14.2. The van der Waals surface area contributed by atoms with Crippen LogP contribution in [0.2, 0.25) is 0 Å². The molecule has 0 spiro atoms. The molecule has 0 unspecified atom stereocenters. The van der Waals surface area contributed by atoms with E-state index in [0.29, 0.717) is 11.3 Å². The molecule has 37 heavy (non-hydrogen) atoms. The number of aromatic hydroxyl groups is 1. The van der Waals surface area contributed by atoms with Crippen LogP contribution in [-0.2, 0) is 16.6 Å². The molecule has 4 aromatic rings. The van der Waals surface area contributed by atoms with E-state index in [2.05, 4.69) is 10.5 Å². The van der Waals surface area contributed by atoms with Gasteiger partial charge in [-0.25, -0.2) is 13.8 Å². The van der Waals surface area contributed by atoms with Gasteiger partial charge in [0.2, 0.25) is 0 Å². The minimum Gasteiger partial charge on any atom is -0.507 e. The number of carbonyl (C=O) groups excluding carboxylic acids is 1. The number of amides is 1. The summed E-state index contributed by atoms with van der Waals surface area (Å²) in [5.74, 6) is -0.542. The molecule has 8 heteroatoms. The summed E-state index contributed by atoms with van der Waals surface area (Å²) in [5.41, 5.74) is 5.44. The SMILES string of the molecule is C/C(=N\NC(=O)c1ccccc1N(Cc1ccccc1)S(=O)(=O)c1ccc(C)cc1)c1ccccc1O. The molecule has 0 fully saturated rings. The fraction of sp³-hybridized carbons (Fsp3) is 0.103. The van der Waals surface area contributed by atoms with Gasteiger partial charge in [-0.1, -0.05) is 72.3 Å². The summed E-state index contributed by atoms with van der Waals surface area (Å²) < 4.78 is 28.9. The van der Waals surface area contributed by atoms with E-state index in [1.54, 1.807) is 73.7 Å². The van der Waals surface area contributed by atoms with Crippen LogP contribution in [0, 0.1) is 6.92 Å². The molecule has 0 saturated carbocycles. The number of phenolic OH excluding ortho intramolecular Hbond substituents is 1. The van der Waals surface area contributed by atoms with E-state index in [9.17, 15) is 18.3 Å². The van der Waals surface area contributed by atoms with Crippen LogP contribution in [0.25, 0.3) is 0 Å². The highest BCUT2D eigenvalue weighted by Crippen LogP contribution is 2.29. The summed E-state index contributed by atoms with van der Waals surface area (Å²) in [6.07, 6.45) is 0. The van der Waals surface area contributed by atoms with E-state index in [1.807, 2.05) is 37.3 Å². The first kappa shape index (κ1) is 25.7. The zero-order valence-corrected chi connectivity index (χ0v) is 21.3. The summed E-state index contributed by atoms with van der Waals surface area (Å²) in [6, 6.07) is 29.0. The molecular weight excluding hydrogens is 486 g/mol. The number of sulfonamides is 1. The molecule has 2 N–H and O–H groups in total. The highest BCUT2D eigenvalue weighted by atomic mass is 32.2. The Hall–Kier alpha value is -4.43. The summed E-state index contributed by atoms with van der Waals surface area (Å²) in [4.78, 5) is 13.4. The predicted octanol–water partition coefficient (Wildman–Crippen LogP) is 5.25. The first-order valence-electron chi connectivity index (χ1n) is 11.6. The van der Waals surface area contributed by atoms with Crippen molar-refractivity contribution in [3.05, 3.63) is 125 Å². The lowest BCUT2D eigenvalue weighted by molar-refractivity contribution is 0.0955. The van der Waals surface area contributed by atoms with Gasteiger partial charge in [0.25, 0.3) is 15.9 Å². The van der Waals surface area contributed by atoms with Crippen LogP contribution in [0.3, 0.4) is 0 Å². The minimum atomic E-state index is -4.02. The van der Waals surface area contributed by atoms with E-state index >= 15 is 0 Å². The fourth-order valence-corrected chi connectivity index (χ4v) is 5.28. The highest BCUT2D eigenvalue weighted by molar-refractivity contribution is 7.92. The molecule has 0 heterocycles. The summed E-state index contributed by atoms with van der Waals surface area (Å²) in [7, 11) is -4.02. The Morgan fingerprint density at radius 1 is 0.838 bits per heavy atom. The van der Waals surface area contributed by atoms with Crippen molar-refractivity contribution in [1.29, 1.82) is 0 Å². The van der Waals surface area contributed by atoms with Gasteiger partial charge in [-0.3, -0.25) is 9.10 Å². The summed E-state index contributed by atoms with van der Waals surface area (Å²) >= 11 is 0. The van der Waals surface area contributed by atoms with Crippen molar-refractivity contribution < 1.29 is 18.3 Å². The smallest absolute Gasteiger partial charge is 0.273 e. The van der Waals surface area contributed by atoms with Gasteiger partial charge in [0.15, 0.2) is 0 Å². The van der Waals surface area contributed by atoms with Gasteiger partial charge in [0.1, 0.15) is 5.75 Å². The van der Waals surface area contributed by atoms with Crippen LogP contribution in [0.5, 0.6) is 5.75 Å². The third-order valence-corrected chi connectivity index (χ3v) is 7.59. The number of aryl methyl sites for hydroxylation is 1.